The highest BCUT2D eigenvalue weighted by Crippen LogP contribution is 2.40. The lowest BCUT2D eigenvalue weighted by Gasteiger charge is -2.25. The van der Waals surface area contributed by atoms with Crippen LogP contribution in [0.4, 0.5) is 0 Å². The first kappa shape index (κ1) is 13.3. The van der Waals surface area contributed by atoms with Crippen molar-refractivity contribution >= 4 is 17.5 Å². The molecule has 1 nitrogen and oxygen atoms in total. The van der Waals surface area contributed by atoms with Gasteiger partial charge >= 0.3 is 0 Å². The van der Waals surface area contributed by atoms with Crippen LogP contribution < -0.4 is 0 Å². The summed E-state index contributed by atoms with van der Waals surface area (Å²) in [6.45, 7) is 8.23. The molecule has 1 atom stereocenters. The average molecular weight is 236 g/mol. The van der Waals surface area contributed by atoms with Crippen molar-refractivity contribution in [3.63, 3.8) is 0 Å². The number of carbonyl (C=O) groups excluding carboxylic acids is 1. The van der Waals surface area contributed by atoms with Crippen LogP contribution in [0.1, 0.15) is 44.9 Å². The van der Waals surface area contributed by atoms with Gasteiger partial charge in [-0.2, -0.15) is 0 Å². The Labute approximate surface area is 103 Å². The molecule has 88 valence electrons. The van der Waals surface area contributed by atoms with Crippen LogP contribution in [-0.2, 0) is 4.79 Å². The lowest BCUT2D eigenvalue weighted by Crippen LogP contribution is -2.13. The van der Waals surface area contributed by atoms with E-state index in [0.29, 0.717) is 6.42 Å². The van der Waals surface area contributed by atoms with Crippen molar-refractivity contribution in [1.82, 2.24) is 0 Å². The topological polar surface area (TPSA) is 17.1 Å². The summed E-state index contributed by atoms with van der Waals surface area (Å²) in [5.41, 5.74) is 1.25. The minimum Gasteiger partial charge on any atom is -0.300 e. The van der Waals surface area contributed by atoms with E-state index in [4.69, 9.17) is 0 Å². The van der Waals surface area contributed by atoms with Crippen molar-refractivity contribution in [3.05, 3.63) is 35.9 Å². The van der Waals surface area contributed by atoms with E-state index in [1.54, 1.807) is 6.92 Å². The molecule has 0 aliphatic carbocycles. The first-order chi connectivity index (χ1) is 7.38. The Kier molecular flexibility index (Phi) is 4.60. The number of hydrogen-bond acceptors (Lipinski definition) is 2. The van der Waals surface area contributed by atoms with Crippen LogP contribution in [0.15, 0.2) is 30.3 Å². The molecule has 0 bridgehead atoms. The van der Waals surface area contributed by atoms with Gasteiger partial charge in [0.05, 0.1) is 0 Å². The van der Waals surface area contributed by atoms with Gasteiger partial charge in [0.15, 0.2) is 0 Å². The molecule has 0 aliphatic rings. The van der Waals surface area contributed by atoms with E-state index in [1.165, 1.54) is 5.56 Å². The zero-order valence-corrected chi connectivity index (χ0v) is 11.3. The van der Waals surface area contributed by atoms with E-state index >= 15 is 0 Å². The largest absolute Gasteiger partial charge is 0.300 e. The Morgan fingerprint density at radius 1 is 1.25 bits per heavy atom. The quantitative estimate of drug-likeness (QED) is 0.778. The van der Waals surface area contributed by atoms with Gasteiger partial charge in [0.25, 0.3) is 0 Å². The highest BCUT2D eigenvalue weighted by molar-refractivity contribution is 8.00. The molecule has 1 aromatic carbocycles. The van der Waals surface area contributed by atoms with Crippen molar-refractivity contribution in [3.8, 4) is 0 Å². The summed E-state index contributed by atoms with van der Waals surface area (Å²) in [7, 11) is 0. The van der Waals surface area contributed by atoms with Crippen molar-refractivity contribution < 1.29 is 4.79 Å². The molecule has 0 fully saturated rings. The fraction of sp³-hybridized carbons (Fsp3) is 0.500. The molecule has 0 aromatic heterocycles. The predicted octanol–water partition coefficient (Wildman–Crippen LogP) is 4.24. The molecule has 1 unspecified atom stereocenters. The number of benzene rings is 1. The van der Waals surface area contributed by atoms with Gasteiger partial charge in [0, 0.05) is 16.4 Å². The van der Waals surface area contributed by atoms with E-state index in [0.717, 1.165) is 0 Å². The number of carbonyl (C=O) groups is 1. The molecule has 16 heavy (non-hydrogen) atoms. The van der Waals surface area contributed by atoms with Crippen molar-refractivity contribution in [2.24, 2.45) is 0 Å². The molecule has 0 saturated carbocycles. The van der Waals surface area contributed by atoms with Crippen LogP contribution in [-0.4, -0.2) is 10.5 Å². The second kappa shape index (κ2) is 5.53. The third-order valence-corrected chi connectivity index (χ3v) is 3.57. The molecule has 1 aromatic rings. The van der Waals surface area contributed by atoms with Crippen LogP contribution in [0, 0.1) is 0 Å². The van der Waals surface area contributed by atoms with Crippen LogP contribution in [0.25, 0.3) is 0 Å². The first-order valence-electron chi connectivity index (χ1n) is 5.61. The van der Waals surface area contributed by atoms with Gasteiger partial charge in [-0.1, -0.05) is 51.1 Å². The van der Waals surface area contributed by atoms with E-state index in [2.05, 4.69) is 32.9 Å². The Hall–Kier alpha value is -0.760. The highest BCUT2D eigenvalue weighted by atomic mass is 32.2. The fourth-order valence-corrected chi connectivity index (χ4v) is 3.05. The summed E-state index contributed by atoms with van der Waals surface area (Å²) in [5, 5.41) is 0.277. The molecule has 0 spiro atoms. The molecule has 0 aliphatic heterocycles. The number of ketones is 1. The smallest absolute Gasteiger partial charge is 0.131 e. The normalized spacial score (nSPS) is 13.5. The molecular formula is C14H20OS. The van der Waals surface area contributed by atoms with E-state index in [-0.39, 0.29) is 15.8 Å². The first-order valence-corrected chi connectivity index (χ1v) is 6.48. The zero-order valence-electron chi connectivity index (χ0n) is 10.5. The van der Waals surface area contributed by atoms with Gasteiger partial charge in [-0.05, 0) is 12.5 Å². The Balaban J connectivity index is 2.84. The third kappa shape index (κ3) is 4.84. The Morgan fingerprint density at radius 3 is 2.25 bits per heavy atom. The molecule has 0 N–H and O–H groups in total. The standard InChI is InChI=1S/C14H20OS/c1-11(15)10-13(16-14(2,3)4)12-8-6-5-7-9-12/h5-9,13H,10H2,1-4H3. The lowest BCUT2D eigenvalue weighted by molar-refractivity contribution is -0.117. The molecule has 0 radical (unpaired) electrons. The molecule has 0 amide bonds. The van der Waals surface area contributed by atoms with Gasteiger partial charge in [0.2, 0.25) is 0 Å². The Morgan fingerprint density at radius 2 is 1.81 bits per heavy atom. The van der Waals surface area contributed by atoms with Crippen LogP contribution in [0.2, 0.25) is 0 Å². The molecular weight excluding hydrogens is 216 g/mol. The lowest BCUT2D eigenvalue weighted by atomic mass is 10.1. The van der Waals surface area contributed by atoms with Crippen molar-refractivity contribution in [1.29, 1.82) is 0 Å². The summed E-state index contributed by atoms with van der Waals surface area (Å²) in [6.07, 6.45) is 0.617. The summed E-state index contributed by atoms with van der Waals surface area (Å²) in [4.78, 5) is 11.3. The third-order valence-electron chi connectivity index (χ3n) is 2.14. The van der Waals surface area contributed by atoms with Gasteiger partial charge in [0.1, 0.15) is 5.78 Å². The Bertz CT molecular complexity index is 338. The van der Waals surface area contributed by atoms with E-state index in [9.17, 15) is 4.79 Å². The minimum atomic E-state index is 0.177. The summed E-state index contributed by atoms with van der Waals surface area (Å²) in [5.74, 6) is 0.255. The zero-order chi connectivity index (χ0) is 12.2. The molecule has 2 heteroatoms. The molecule has 0 heterocycles. The van der Waals surface area contributed by atoms with Gasteiger partial charge in [-0.3, -0.25) is 4.79 Å². The van der Waals surface area contributed by atoms with Crippen LogP contribution >= 0.6 is 11.8 Å². The minimum absolute atomic E-state index is 0.177. The van der Waals surface area contributed by atoms with E-state index in [1.807, 2.05) is 30.0 Å². The number of rotatable bonds is 4. The maximum Gasteiger partial charge on any atom is 0.131 e. The predicted molar refractivity (Wildman–Crippen MR) is 71.8 cm³/mol. The monoisotopic (exact) mass is 236 g/mol. The van der Waals surface area contributed by atoms with Crippen LogP contribution in [0.5, 0.6) is 0 Å². The average Bonchev–Trinajstić information content (AvgIpc) is 2.15. The summed E-state index contributed by atoms with van der Waals surface area (Å²) >= 11 is 1.86. The molecule has 1 rings (SSSR count). The highest BCUT2D eigenvalue weighted by Gasteiger charge is 2.21. The maximum atomic E-state index is 11.3. The SMILES string of the molecule is CC(=O)CC(SC(C)(C)C)c1ccccc1. The van der Waals surface area contributed by atoms with Gasteiger partial charge in [-0.25, -0.2) is 0 Å². The van der Waals surface area contributed by atoms with Crippen LogP contribution in [0.3, 0.4) is 0 Å². The maximum absolute atomic E-state index is 11.3. The van der Waals surface area contributed by atoms with E-state index < -0.39 is 0 Å². The summed E-state index contributed by atoms with van der Waals surface area (Å²) in [6, 6.07) is 10.3. The van der Waals surface area contributed by atoms with Crippen molar-refractivity contribution in [2.45, 2.75) is 44.1 Å². The van der Waals surface area contributed by atoms with Crippen molar-refractivity contribution in [2.75, 3.05) is 0 Å². The van der Waals surface area contributed by atoms with Gasteiger partial charge in [-0.15, -0.1) is 11.8 Å². The summed E-state index contributed by atoms with van der Waals surface area (Å²) < 4.78 is 0.177. The number of Topliss-reactive ketones (excluding diaryl/α,β-unsaturated/α-hetero) is 1. The fourth-order valence-electron chi connectivity index (χ4n) is 1.58. The number of hydrogen-bond donors (Lipinski definition) is 0. The number of thioether (sulfide) groups is 1. The van der Waals surface area contributed by atoms with Gasteiger partial charge < -0.3 is 0 Å². The molecule has 0 saturated heterocycles. The second-order valence-corrected chi connectivity index (χ2v) is 7.07. The second-order valence-electron chi connectivity index (χ2n) is 5.04.